The molecule has 5 heteroatoms. The van der Waals surface area contributed by atoms with E-state index in [4.69, 9.17) is 5.73 Å². The third-order valence-corrected chi connectivity index (χ3v) is 2.62. The van der Waals surface area contributed by atoms with E-state index in [0.29, 0.717) is 13.1 Å². The van der Waals surface area contributed by atoms with Gasteiger partial charge in [0.2, 0.25) is 0 Å². The minimum absolute atomic E-state index is 0.0339. The van der Waals surface area contributed by atoms with Gasteiger partial charge in [0.15, 0.2) is 0 Å². The molecule has 1 aliphatic heterocycles. The SMILES string of the molecule is N[C@@H]1CCN(C(=O)c2cc(F)cc(F)c2)C1. The third kappa shape index (κ3) is 2.19. The second-order valence-electron chi connectivity index (χ2n) is 3.96. The van der Waals surface area contributed by atoms with E-state index in [9.17, 15) is 13.6 Å². The molecular formula is C11H12F2N2O. The van der Waals surface area contributed by atoms with Crippen LogP contribution in [0.4, 0.5) is 8.78 Å². The molecule has 1 saturated heterocycles. The maximum absolute atomic E-state index is 12.9. The van der Waals surface area contributed by atoms with Crippen LogP contribution in [-0.4, -0.2) is 29.9 Å². The molecule has 1 aromatic carbocycles. The predicted molar refractivity (Wildman–Crippen MR) is 54.9 cm³/mol. The highest BCUT2D eigenvalue weighted by molar-refractivity contribution is 5.94. The summed E-state index contributed by atoms with van der Waals surface area (Å²) in [6.45, 7) is 0.981. The number of nitrogens with zero attached hydrogens (tertiary/aromatic N) is 1. The van der Waals surface area contributed by atoms with E-state index in [2.05, 4.69) is 0 Å². The molecule has 1 amide bonds. The van der Waals surface area contributed by atoms with Crippen molar-refractivity contribution in [2.45, 2.75) is 12.5 Å². The Morgan fingerprint density at radius 3 is 2.44 bits per heavy atom. The van der Waals surface area contributed by atoms with Crippen molar-refractivity contribution in [2.24, 2.45) is 5.73 Å². The van der Waals surface area contributed by atoms with Crippen LogP contribution in [0.25, 0.3) is 0 Å². The zero-order chi connectivity index (χ0) is 11.7. The number of benzene rings is 1. The molecule has 0 aromatic heterocycles. The Hall–Kier alpha value is -1.49. The lowest BCUT2D eigenvalue weighted by Gasteiger charge is -2.15. The topological polar surface area (TPSA) is 46.3 Å². The molecule has 0 spiro atoms. The first-order valence-electron chi connectivity index (χ1n) is 5.07. The summed E-state index contributed by atoms with van der Waals surface area (Å²) in [6, 6.07) is 2.78. The Morgan fingerprint density at radius 1 is 1.31 bits per heavy atom. The summed E-state index contributed by atoms with van der Waals surface area (Å²) in [5, 5.41) is 0. The fraction of sp³-hybridized carbons (Fsp3) is 0.364. The van der Waals surface area contributed by atoms with Crippen LogP contribution in [0.1, 0.15) is 16.8 Å². The molecule has 0 saturated carbocycles. The molecule has 2 N–H and O–H groups in total. The third-order valence-electron chi connectivity index (χ3n) is 2.62. The highest BCUT2D eigenvalue weighted by Gasteiger charge is 2.24. The zero-order valence-corrected chi connectivity index (χ0v) is 8.62. The maximum atomic E-state index is 12.9. The number of halogens is 2. The van der Waals surface area contributed by atoms with Gasteiger partial charge in [-0.05, 0) is 18.6 Å². The van der Waals surface area contributed by atoms with Crippen molar-refractivity contribution >= 4 is 5.91 Å². The van der Waals surface area contributed by atoms with Gasteiger partial charge >= 0.3 is 0 Å². The van der Waals surface area contributed by atoms with E-state index in [-0.39, 0.29) is 17.5 Å². The summed E-state index contributed by atoms with van der Waals surface area (Å²) in [5.41, 5.74) is 5.69. The average Bonchev–Trinajstić information content (AvgIpc) is 2.62. The molecule has 1 atom stereocenters. The second-order valence-corrected chi connectivity index (χ2v) is 3.96. The van der Waals surface area contributed by atoms with Crippen molar-refractivity contribution in [2.75, 3.05) is 13.1 Å². The summed E-state index contributed by atoms with van der Waals surface area (Å²) in [6.07, 6.45) is 0.726. The number of hydrogen-bond donors (Lipinski definition) is 1. The molecule has 86 valence electrons. The van der Waals surface area contributed by atoms with Crippen molar-refractivity contribution in [3.05, 3.63) is 35.4 Å². The Kier molecular flexibility index (Phi) is 2.87. The smallest absolute Gasteiger partial charge is 0.254 e. The second kappa shape index (κ2) is 4.17. The van der Waals surface area contributed by atoms with Crippen LogP contribution < -0.4 is 5.73 Å². The van der Waals surface area contributed by atoms with Crippen LogP contribution in [0, 0.1) is 11.6 Å². The molecule has 1 heterocycles. The molecular weight excluding hydrogens is 214 g/mol. The van der Waals surface area contributed by atoms with Crippen molar-refractivity contribution in [1.29, 1.82) is 0 Å². The number of nitrogens with two attached hydrogens (primary N) is 1. The highest BCUT2D eigenvalue weighted by Crippen LogP contribution is 2.14. The van der Waals surface area contributed by atoms with Crippen molar-refractivity contribution in [1.82, 2.24) is 4.90 Å². The van der Waals surface area contributed by atoms with E-state index in [1.54, 1.807) is 0 Å². The molecule has 3 nitrogen and oxygen atoms in total. The average molecular weight is 226 g/mol. The molecule has 1 aliphatic rings. The van der Waals surface area contributed by atoms with Gasteiger partial charge in [-0.1, -0.05) is 0 Å². The Bertz CT molecular complexity index is 402. The highest BCUT2D eigenvalue weighted by atomic mass is 19.1. The van der Waals surface area contributed by atoms with Gasteiger partial charge in [-0.25, -0.2) is 8.78 Å². The molecule has 0 aliphatic carbocycles. The van der Waals surface area contributed by atoms with Gasteiger partial charge in [-0.3, -0.25) is 4.79 Å². The van der Waals surface area contributed by atoms with Crippen molar-refractivity contribution in [3.63, 3.8) is 0 Å². The minimum atomic E-state index is -0.744. The minimum Gasteiger partial charge on any atom is -0.337 e. The number of rotatable bonds is 1. The van der Waals surface area contributed by atoms with Gasteiger partial charge in [0.1, 0.15) is 11.6 Å². The number of likely N-dealkylation sites (tertiary alicyclic amines) is 1. The lowest BCUT2D eigenvalue weighted by atomic mass is 10.2. The number of carbonyl (C=O) groups is 1. The summed E-state index contributed by atoms with van der Waals surface area (Å²) in [7, 11) is 0. The molecule has 1 aromatic rings. The number of amides is 1. The molecule has 0 unspecified atom stereocenters. The van der Waals surface area contributed by atoms with Crippen LogP contribution in [0.15, 0.2) is 18.2 Å². The Balaban J connectivity index is 2.20. The molecule has 0 radical (unpaired) electrons. The van der Waals surface area contributed by atoms with Crippen LogP contribution in [-0.2, 0) is 0 Å². The van der Waals surface area contributed by atoms with Gasteiger partial charge in [-0.15, -0.1) is 0 Å². The van der Waals surface area contributed by atoms with Gasteiger partial charge in [0, 0.05) is 30.8 Å². The van der Waals surface area contributed by atoms with Crippen LogP contribution in [0.3, 0.4) is 0 Å². The monoisotopic (exact) mass is 226 g/mol. The summed E-state index contributed by atoms with van der Waals surface area (Å²) in [5.74, 6) is -1.86. The summed E-state index contributed by atoms with van der Waals surface area (Å²) >= 11 is 0. The van der Waals surface area contributed by atoms with Crippen molar-refractivity contribution < 1.29 is 13.6 Å². The predicted octanol–water partition coefficient (Wildman–Crippen LogP) is 1.14. The lowest BCUT2D eigenvalue weighted by Crippen LogP contribution is -2.32. The van der Waals surface area contributed by atoms with E-state index < -0.39 is 11.6 Å². The fourth-order valence-electron chi connectivity index (χ4n) is 1.83. The largest absolute Gasteiger partial charge is 0.337 e. The molecule has 16 heavy (non-hydrogen) atoms. The van der Waals surface area contributed by atoms with Crippen LogP contribution >= 0.6 is 0 Å². The summed E-state index contributed by atoms with van der Waals surface area (Å²) in [4.78, 5) is 13.3. The zero-order valence-electron chi connectivity index (χ0n) is 8.62. The molecule has 0 bridgehead atoms. The van der Waals surface area contributed by atoms with Gasteiger partial charge in [0.25, 0.3) is 5.91 Å². The van der Waals surface area contributed by atoms with Gasteiger partial charge < -0.3 is 10.6 Å². The quantitative estimate of drug-likeness (QED) is 0.780. The first kappa shape index (κ1) is 11.0. The van der Waals surface area contributed by atoms with E-state index >= 15 is 0 Å². The van der Waals surface area contributed by atoms with Gasteiger partial charge in [-0.2, -0.15) is 0 Å². The van der Waals surface area contributed by atoms with Crippen LogP contribution in [0.2, 0.25) is 0 Å². The number of hydrogen-bond acceptors (Lipinski definition) is 2. The first-order valence-corrected chi connectivity index (χ1v) is 5.07. The standard InChI is InChI=1S/C11H12F2N2O/c12-8-3-7(4-9(13)5-8)11(16)15-2-1-10(14)6-15/h3-5,10H,1-2,6,14H2/t10-/m1/s1. The van der Waals surface area contributed by atoms with Crippen LogP contribution in [0.5, 0.6) is 0 Å². The first-order chi connectivity index (χ1) is 7.56. The number of carbonyl (C=O) groups excluding carboxylic acids is 1. The van der Waals surface area contributed by atoms with E-state index in [0.717, 1.165) is 24.6 Å². The van der Waals surface area contributed by atoms with Gasteiger partial charge in [0.05, 0.1) is 0 Å². The lowest BCUT2D eigenvalue weighted by molar-refractivity contribution is 0.0790. The van der Waals surface area contributed by atoms with E-state index in [1.165, 1.54) is 4.90 Å². The Morgan fingerprint density at radius 2 is 1.94 bits per heavy atom. The summed E-state index contributed by atoms with van der Waals surface area (Å²) < 4.78 is 25.8. The maximum Gasteiger partial charge on any atom is 0.254 e. The van der Waals surface area contributed by atoms with E-state index in [1.807, 2.05) is 0 Å². The van der Waals surface area contributed by atoms with Crippen molar-refractivity contribution in [3.8, 4) is 0 Å². The Labute approximate surface area is 91.8 Å². The normalized spacial score (nSPS) is 20.2. The molecule has 2 rings (SSSR count). The fourth-order valence-corrected chi connectivity index (χ4v) is 1.83. The molecule has 1 fully saturated rings.